The molecule has 0 fully saturated rings. The van der Waals surface area contributed by atoms with E-state index in [1.807, 2.05) is 24.3 Å². The first-order valence-electron chi connectivity index (χ1n) is 3.95. The molecule has 0 aliphatic carbocycles. The predicted molar refractivity (Wildman–Crippen MR) is 54.3 cm³/mol. The Balaban J connectivity index is 2.86. The van der Waals surface area contributed by atoms with Crippen molar-refractivity contribution in [3.8, 4) is 0 Å². The van der Waals surface area contributed by atoms with Crippen molar-refractivity contribution in [1.82, 2.24) is 0 Å². The minimum Gasteiger partial charge on any atom is -0.298 e. The van der Waals surface area contributed by atoms with Crippen LogP contribution in [0.25, 0.3) is 10.8 Å². The quantitative estimate of drug-likeness (QED) is 0.631. The molecule has 0 atom stereocenters. The number of rotatable bonds is 1. The van der Waals surface area contributed by atoms with Crippen molar-refractivity contribution in [2.75, 3.05) is 0 Å². The molecule has 2 aromatic rings. The van der Waals surface area contributed by atoms with Crippen LogP contribution in [0.15, 0.2) is 36.4 Å². The Hall–Kier alpha value is -1.34. The third kappa shape index (κ3) is 1.43. The van der Waals surface area contributed by atoms with E-state index in [9.17, 15) is 4.79 Å². The molecule has 0 heterocycles. The summed E-state index contributed by atoms with van der Waals surface area (Å²) in [5, 5.41) is 2.60. The van der Waals surface area contributed by atoms with E-state index < -0.39 is 0 Å². The van der Waals surface area contributed by atoms with E-state index in [-0.39, 0.29) is 0 Å². The molecule has 0 spiro atoms. The number of aldehydes is 1. The molecular formula is C11H7ClO. The van der Waals surface area contributed by atoms with Gasteiger partial charge in [-0.05, 0) is 22.9 Å². The molecule has 0 unspecified atom stereocenters. The molecule has 2 rings (SSSR count). The van der Waals surface area contributed by atoms with Gasteiger partial charge in [0.15, 0.2) is 6.29 Å². The second kappa shape index (κ2) is 3.19. The number of hydrogen-bond donors (Lipinski definition) is 0. The van der Waals surface area contributed by atoms with E-state index in [1.54, 1.807) is 12.1 Å². The van der Waals surface area contributed by atoms with Crippen LogP contribution in [0.5, 0.6) is 0 Å². The zero-order valence-electron chi connectivity index (χ0n) is 6.83. The van der Waals surface area contributed by atoms with Gasteiger partial charge in [-0.2, -0.15) is 0 Å². The fourth-order valence-corrected chi connectivity index (χ4v) is 1.54. The highest BCUT2D eigenvalue weighted by atomic mass is 35.5. The molecule has 0 saturated heterocycles. The zero-order valence-corrected chi connectivity index (χ0v) is 7.58. The van der Waals surface area contributed by atoms with Crippen LogP contribution in [0.4, 0.5) is 0 Å². The Labute approximate surface area is 80.9 Å². The largest absolute Gasteiger partial charge is 0.298 e. The summed E-state index contributed by atoms with van der Waals surface area (Å²) in [6.07, 6.45) is 0.846. The van der Waals surface area contributed by atoms with E-state index in [2.05, 4.69) is 0 Å². The molecule has 0 aromatic heterocycles. The molecule has 1 nitrogen and oxygen atoms in total. The number of hydrogen-bond acceptors (Lipinski definition) is 1. The van der Waals surface area contributed by atoms with Gasteiger partial charge in [0.25, 0.3) is 0 Å². The third-order valence-corrected chi connectivity index (χ3v) is 2.24. The second-order valence-electron chi connectivity index (χ2n) is 2.83. The summed E-state index contributed by atoms with van der Waals surface area (Å²) < 4.78 is 0. The summed E-state index contributed by atoms with van der Waals surface area (Å²) in [4.78, 5) is 10.7. The average molecular weight is 191 g/mol. The van der Waals surface area contributed by atoms with Crippen molar-refractivity contribution >= 4 is 28.7 Å². The Morgan fingerprint density at radius 3 is 2.77 bits per heavy atom. The van der Waals surface area contributed by atoms with Crippen LogP contribution in [0, 0.1) is 0 Å². The van der Waals surface area contributed by atoms with Crippen LogP contribution >= 0.6 is 11.6 Å². The van der Waals surface area contributed by atoms with Gasteiger partial charge in [0.1, 0.15) is 0 Å². The van der Waals surface area contributed by atoms with Gasteiger partial charge in [-0.15, -0.1) is 0 Å². The lowest BCUT2D eigenvalue weighted by Gasteiger charge is -2.00. The maximum atomic E-state index is 10.7. The summed E-state index contributed by atoms with van der Waals surface area (Å²) in [5.74, 6) is 0. The highest BCUT2D eigenvalue weighted by Crippen LogP contribution is 2.21. The molecule has 0 radical (unpaired) electrons. The fraction of sp³-hybridized carbons (Fsp3) is 0. The lowest BCUT2D eigenvalue weighted by Crippen LogP contribution is -1.82. The van der Waals surface area contributed by atoms with E-state index in [1.165, 1.54) is 0 Å². The smallest absolute Gasteiger partial charge is 0.150 e. The number of carbonyl (C=O) groups excluding carboxylic acids is 1. The first-order valence-corrected chi connectivity index (χ1v) is 4.32. The lowest BCUT2D eigenvalue weighted by molar-refractivity contribution is 0.112. The summed E-state index contributed by atoms with van der Waals surface area (Å²) >= 11 is 5.83. The van der Waals surface area contributed by atoms with Gasteiger partial charge in [-0.25, -0.2) is 0 Å². The van der Waals surface area contributed by atoms with E-state index >= 15 is 0 Å². The number of fused-ring (bicyclic) bond motifs is 1. The van der Waals surface area contributed by atoms with E-state index in [4.69, 9.17) is 11.6 Å². The molecule has 2 heteroatoms. The van der Waals surface area contributed by atoms with E-state index in [0.717, 1.165) is 17.1 Å². The van der Waals surface area contributed by atoms with Gasteiger partial charge in [0, 0.05) is 10.6 Å². The minimum atomic E-state index is 0.654. The van der Waals surface area contributed by atoms with Crippen molar-refractivity contribution in [3.63, 3.8) is 0 Å². The van der Waals surface area contributed by atoms with Crippen LogP contribution in [0.1, 0.15) is 10.4 Å². The summed E-state index contributed by atoms with van der Waals surface area (Å²) in [5.41, 5.74) is 0.681. The SMILES string of the molecule is O=Cc1cccc2ccc(Cl)cc12. The Morgan fingerprint density at radius 2 is 2.00 bits per heavy atom. The average Bonchev–Trinajstić information content (AvgIpc) is 2.17. The van der Waals surface area contributed by atoms with Crippen molar-refractivity contribution in [3.05, 3.63) is 47.0 Å². The Morgan fingerprint density at radius 1 is 1.15 bits per heavy atom. The molecule has 13 heavy (non-hydrogen) atoms. The van der Waals surface area contributed by atoms with Crippen LogP contribution in [-0.2, 0) is 0 Å². The van der Waals surface area contributed by atoms with Gasteiger partial charge in [0.05, 0.1) is 0 Å². The summed E-state index contributed by atoms with van der Waals surface area (Å²) in [6.45, 7) is 0. The first kappa shape index (κ1) is 8.27. The van der Waals surface area contributed by atoms with Gasteiger partial charge in [-0.3, -0.25) is 4.79 Å². The number of benzene rings is 2. The number of carbonyl (C=O) groups is 1. The molecule has 0 N–H and O–H groups in total. The third-order valence-electron chi connectivity index (χ3n) is 2.00. The van der Waals surface area contributed by atoms with Crippen LogP contribution < -0.4 is 0 Å². The van der Waals surface area contributed by atoms with Crippen LogP contribution in [0.3, 0.4) is 0 Å². The zero-order chi connectivity index (χ0) is 9.26. The van der Waals surface area contributed by atoms with Crippen LogP contribution in [0.2, 0.25) is 5.02 Å². The predicted octanol–water partition coefficient (Wildman–Crippen LogP) is 3.31. The number of halogens is 1. The Kier molecular flexibility index (Phi) is 2.03. The van der Waals surface area contributed by atoms with Crippen molar-refractivity contribution in [2.45, 2.75) is 0 Å². The van der Waals surface area contributed by atoms with Gasteiger partial charge >= 0.3 is 0 Å². The molecule has 0 bridgehead atoms. The summed E-state index contributed by atoms with van der Waals surface area (Å²) in [6, 6.07) is 11.1. The normalized spacial score (nSPS) is 10.2. The van der Waals surface area contributed by atoms with Crippen molar-refractivity contribution < 1.29 is 4.79 Å². The fourth-order valence-electron chi connectivity index (χ4n) is 1.37. The van der Waals surface area contributed by atoms with E-state index in [0.29, 0.717) is 10.6 Å². The van der Waals surface area contributed by atoms with Crippen molar-refractivity contribution in [1.29, 1.82) is 0 Å². The van der Waals surface area contributed by atoms with Gasteiger partial charge < -0.3 is 0 Å². The lowest BCUT2D eigenvalue weighted by atomic mass is 10.1. The van der Waals surface area contributed by atoms with Gasteiger partial charge in [0.2, 0.25) is 0 Å². The van der Waals surface area contributed by atoms with Gasteiger partial charge in [-0.1, -0.05) is 35.9 Å². The molecule has 0 aliphatic heterocycles. The molecule has 0 saturated carbocycles. The minimum absolute atomic E-state index is 0.654. The Bertz CT molecular complexity index is 463. The van der Waals surface area contributed by atoms with Crippen LogP contribution in [-0.4, -0.2) is 6.29 Å². The maximum Gasteiger partial charge on any atom is 0.150 e. The highest BCUT2D eigenvalue weighted by Gasteiger charge is 1.99. The molecule has 2 aromatic carbocycles. The molecular weight excluding hydrogens is 184 g/mol. The standard InChI is InChI=1S/C11H7ClO/c12-10-5-4-8-2-1-3-9(7-13)11(8)6-10/h1-7H. The highest BCUT2D eigenvalue weighted by molar-refractivity contribution is 6.31. The second-order valence-corrected chi connectivity index (χ2v) is 3.27. The van der Waals surface area contributed by atoms with Crippen molar-refractivity contribution in [2.24, 2.45) is 0 Å². The maximum absolute atomic E-state index is 10.7. The molecule has 64 valence electrons. The first-order chi connectivity index (χ1) is 6.31. The molecule has 0 amide bonds. The summed E-state index contributed by atoms with van der Waals surface area (Å²) in [7, 11) is 0. The monoisotopic (exact) mass is 190 g/mol. The topological polar surface area (TPSA) is 17.1 Å². The molecule has 0 aliphatic rings.